The topological polar surface area (TPSA) is 78.7 Å². The predicted octanol–water partition coefficient (Wildman–Crippen LogP) is 4.92. The van der Waals surface area contributed by atoms with Crippen molar-refractivity contribution in [2.45, 2.75) is 6.42 Å². The van der Waals surface area contributed by atoms with Crippen molar-refractivity contribution in [2.75, 3.05) is 5.32 Å². The van der Waals surface area contributed by atoms with E-state index < -0.39 is 0 Å². The Morgan fingerprint density at radius 3 is 2.68 bits per heavy atom. The Hall–Kier alpha value is -4.04. The third kappa shape index (κ3) is 3.44. The van der Waals surface area contributed by atoms with Crippen molar-refractivity contribution < 1.29 is 4.79 Å². The van der Waals surface area contributed by atoms with Crippen LogP contribution in [0.5, 0.6) is 0 Å². The van der Waals surface area contributed by atoms with E-state index in [-0.39, 0.29) is 0 Å². The van der Waals surface area contributed by atoms with Gasteiger partial charge in [0.15, 0.2) is 6.29 Å². The highest BCUT2D eigenvalue weighted by atomic mass is 16.1. The van der Waals surface area contributed by atoms with Crippen LogP contribution >= 0.6 is 0 Å². The summed E-state index contributed by atoms with van der Waals surface area (Å²) in [6, 6.07) is 23.0. The molecule has 0 saturated carbocycles. The number of anilines is 2. The van der Waals surface area contributed by atoms with Gasteiger partial charge in [0.05, 0.1) is 18.0 Å². The van der Waals surface area contributed by atoms with E-state index in [1.54, 1.807) is 12.3 Å². The summed E-state index contributed by atoms with van der Waals surface area (Å²) >= 11 is 0. The average molecular weight is 364 g/mol. The zero-order chi connectivity index (χ0) is 19.3. The van der Waals surface area contributed by atoms with Crippen molar-refractivity contribution in [1.29, 1.82) is 5.26 Å². The molecule has 3 aromatic carbocycles. The van der Waals surface area contributed by atoms with Crippen LogP contribution in [0.3, 0.4) is 0 Å². The second-order valence-electron chi connectivity index (χ2n) is 6.30. The molecule has 0 saturated heterocycles. The number of benzene rings is 3. The van der Waals surface area contributed by atoms with Crippen molar-refractivity contribution in [3.8, 4) is 17.2 Å². The number of nitrogens with zero attached hydrogens (tertiary/aromatic N) is 3. The molecule has 0 fully saturated rings. The van der Waals surface area contributed by atoms with E-state index in [9.17, 15) is 4.79 Å². The van der Waals surface area contributed by atoms with E-state index in [0.717, 1.165) is 39.6 Å². The number of hydrogen-bond donors (Lipinski definition) is 1. The van der Waals surface area contributed by atoms with Crippen LogP contribution in [0, 0.1) is 11.3 Å². The molecule has 5 heteroatoms. The molecule has 0 atom stereocenters. The molecule has 4 rings (SSSR count). The van der Waals surface area contributed by atoms with Crippen LogP contribution in [0.2, 0.25) is 0 Å². The first-order chi connectivity index (χ1) is 13.8. The van der Waals surface area contributed by atoms with Gasteiger partial charge in [-0.2, -0.15) is 5.26 Å². The van der Waals surface area contributed by atoms with E-state index in [4.69, 9.17) is 5.26 Å². The second kappa shape index (κ2) is 7.68. The number of carbonyl (C=O) groups excluding carboxylic acids is 1. The fourth-order valence-electron chi connectivity index (χ4n) is 3.12. The number of nitriles is 1. The molecule has 0 unspecified atom stereocenters. The largest absolute Gasteiger partial charge is 0.324 e. The highest BCUT2D eigenvalue weighted by Gasteiger charge is 2.12. The lowest BCUT2D eigenvalue weighted by molar-refractivity contribution is 0.112. The summed E-state index contributed by atoms with van der Waals surface area (Å²) < 4.78 is 0. The van der Waals surface area contributed by atoms with Gasteiger partial charge in [-0.15, -0.1) is 0 Å². The van der Waals surface area contributed by atoms with Crippen LogP contribution in [0.15, 0.2) is 72.9 Å². The van der Waals surface area contributed by atoms with Crippen LogP contribution in [0.25, 0.3) is 22.0 Å². The lowest BCUT2D eigenvalue weighted by atomic mass is 9.96. The van der Waals surface area contributed by atoms with Crippen LogP contribution in [0.1, 0.15) is 15.9 Å². The summed E-state index contributed by atoms with van der Waals surface area (Å²) in [6.45, 7) is 0. The number of fused-ring (bicyclic) bond motifs is 1. The summed E-state index contributed by atoms with van der Waals surface area (Å²) in [5.74, 6) is 0.469. The molecule has 0 radical (unpaired) electrons. The Labute approximate surface area is 162 Å². The molecule has 5 nitrogen and oxygen atoms in total. The fourth-order valence-corrected chi connectivity index (χ4v) is 3.12. The van der Waals surface area contributed by atoms with Crippen LogP contribution < -0.4 is 5.32 Å². The maximum absolute atomic E-state index is 11.5. The molecule has 4 aromatic rings. The maximum atomic E-state index is 11.5. The van der Waals surface area contributed by atoms with Gasteiger partial charge in [-0.3, -0.25) is 4.79 Å². The number of para-hydroxylation sites is 1. The number of carbonyl (C=O) groups is 1. The third-order valence-corrected chi connectivity index (χ3v) is 4.48. The first kappa shape index (κ1) is 17.4. The Morgan fingerprint density at radius 2 is 1.82 bits per heavy atom. The number of aldehydes is 1. The molecular weight excluding hydrogens is 348 g/mol. The zero-order valence-corrected chi connectivity index (χ0v) is 15.0. The van der Waals surface area contributed by atoms with Gasteiger partial charge in [0.2, 0.25) is 5.95 Å². The number of rotatable bonds is 5. The van der Waals surface area contributed by atoms with Crippen LogP contribution in [-0.2, 0) is 6.42 Å². The molecule has 0 amide bonds. The van der Waals surface area contributed by atoms with Gasteiger partial charge in [-0.1, -0.05) is 48.5 Å². The van der Waals surface area contributed by atoms with Gasteiger partial charge in [0.25, 0.3) is 0 Å². The molecule has 134 valence electrons. The minimum atomic E-state index is 0.295. The summed E-state index contributed by atoms with van der Waals surface area (Å²) in [5, 5.41) is 13.3. The standard InChI is InChI=1S/C23H16N4O/c24-12-11-16-9-10-22(20(13-16)19-7-3-1-6-18(19)15-28)27-23-25-14-17-5-2-4-8-21(17)26-23/h1-10,13-15H,11H2,(H,25,26,27). The minimum absolute atomic E-state index is 0.295. The van der Waals surface area contributed by atoms with Crippen LogP contribution in [0.4, 0.5) is 11.6 Å². The monoisotopic (exact) mass is 364 g/mol. The van der Waals surface area contributed by atoms with Gasteiger partial charge in [0.1, 0.15) is 0 Å². The molecule has 1 heterocycles. The molecule has 0 aliphatic heterocycles. The van der Waals surface area contributed by atoms with Gasteiger partial charge in [-0.05, 0) is 29.3 Å². The summed E-state index contributed by atoms with van der Waals surface area (Å²) in [7, 11) is 0. The van der Waals surface area contributed by atoms with E-state index in [1.807, 2.05) is 60.7 Å². The van der Waals surface area contributed by atoms with Gasteiger partial charge in [0, 0.05) is 28.4 Å². The Bertz CT molecular complexity index is 1210. The van der Waals surface area contributed by atoms with E-state index >= 15 is 0 Å². The normalized spacial score (nSPS) is 10.4. The van der Waals surface area contributed by atoms with Crippen molar-refractivity contribution in [2.24, 2.45) is 0 Å². The first-order valence-electron chi connectivity index (χ1n) is 8.82. The first-order valence-corrected chi connectivity index (χ1v) is 8.82. The predicted molar refractivity (Wildman–Crippen MR) is 109 cm³/mol. The fraction of sp³-hybridized carbons (Fsp3) is 0.0435. The molecular formula is C23H16N4O. The molecule has 0 aliphatic carbocycles. The molecule has 0 bridgehead atoms. The van der Waals surface area contributed by atoms with Crippen molar-refractivity contribution >= 4 is 28.8 Å². The second-order valence-corrected chi connectivity index (χ2v) is 6.30. The van der Waals surface area contributed by atoms with Crippen LogP contribution in [-0.4, -0.2) is 16.3 Å². The summed E-state index contributed by atoms with van der Waals surface area (Å²) in [5.41, 5.74) is 4.69. The van der Waals surface area contributed by atoms with Crippen molar-refractivity contribution in [3.63, 3.8) is 0 Å². The Balaban J connectivity index is 1.81. The smallest absolute Gasteiger partial charge is 0.227 e. The molecule has 1 N–H and O–H groups in total. The number of nitrogens with one attached hydrogen (secondary N) is 1. The van der Waals surface area contributed by atoms with E-state index in [1.165, 1.54) is 0 Å². The van der Waals surface area contributed by atoms with Gasteiger partial charge >= 0.3 is 0 Å². The van der Waals surface area contributed by atoms with Crippen molar-refractivity contribution in [3.05, 3.63) is 84.1 Å². The zero-order valence-electron chi connectivity index (χ0n) is 15.0. The number of aromatic nitrogens is 2. The average Bonchev–Trinajstić information content (AvgIpc) is 2.75. The maximum Gasteiger partial charge on any atom is 0.227 e. The van der Waals surface area contributed by atoms with Crippen molar-refractivity contribution in [1.82, 2.24) is 9.97 Å². The van der Waals surface area contributed by atoms with E-state index in [0.29, 0.717) is 17.9 Å². The highest BCUT2D eigenvalue weighted by Crippen LogP contribution is 2.33. The quantitative estimate of drug-likeness (QED) is 0.509. The summed E-state index contributed by atoms with van der Waals surface area (Å²) in [6.07, 6.45) is 2.90. The number of hydrogen-bond acceptors (Lipinski definition) is 5. The molecule has 28 heavy (non-hydrogen) atoms. The lowest BCUT2D eigenvalue weighted by Gasteiger charge is -2.14. The Kier molecular flexibility index (Phi) is 4.77. The SMILES string of the molecule is N#CCc1ccc(Nc2ncc3ccccc3n2)c(-c2ccccc2C=O)c1. The highest BCUT2D eigenvalue weighted by molar-refractivity contribution is 5.92. The molecule has 0 spiro atoms. The molecule has 1 aromatic heterocycles. The Morgan fingerprint density at radius 1 is 1.00 bits per heavy atom. The van der Waals surface area contributed by atoms with Gasteiger partial charge in [-0.25, -0.2) is 9.97 Å². The van der Waals surface area contributed by atoms with Gasteiger partial charge < -0.3 is 5.32 Å². The lowest BCUT2D eigenvalue weighted by Crippen LogP contribution is -2.00. The summed E-state index contributed by atoms with van der Waals surface area (Å²) in [4.78, 5) is 20.5. The molecule has 0 aliphatic rings. The third-order valence-electron chi connectivity index (χ3n) is 4.48. The minimum Gasteiger partial charge on any atom is -0.324 e. The van der Waals surface area contributed by atoms with E-state index in [2.05, 4.69) is 21.4 Å².